The number of pyridine rings is 1. The van der Waals surface area contributed by atoms with Gasteiger partial charge in [0.25, 0.3) is 0 Å². The molecule has 0 radical (unpaired) electrons. The summed E-state index contributed by atoms with van der Waals surface area (Å²) in [5.74, 6) is -5.37. The first-order chi connectivity index (χ1) is 9.71. The van der Waals surface area contributed by atoms with Crippen molar-refractivity contribution in [3.8, 4) is 0 Å². The molecule has 1 aromatic heterocycles. The summed E-state index contributed by atoms with van der Waals surface area (Å²) in [4.78, 5) is 3.56. The number of aliphatic hydroxyl groups is 1. The van der Waals surface area contributed by atoms with E-state index in [1.807, 2.05) is 0 Å². The molecule has 0 aliphatic carbocycles. The molecule has 0 spiro atoms. The van der Waals surface area contributed by atoms with Crippen molar-refractivity contribution in [3.05, 3.63) is 66.0 Å². The van der Waals surface area contributed by atoms with E-state index in [9.17, 15) is 27.1 Å². The Morgan fingerprint density at radius 3 is 1.71 bits per heavy atom. The van der Waals surface area contributed by atoms with Crippen LogP contribution in [0.25, 0.3) is 0 Å². The van der Waals surface area contributed by atoms with Crippen molar-refractivity contribution >= 4 is 0 Å². The van der Waals surface area contributed by atoms with Gasteiger partial charge in [-0.25, -0.2) is 0 Å². The minimum absolute atomic E-state index is 0.557. The molecule has 112 valence electrons. The average Bonchev–Trinajstić information content (AvgIpc) is 2.47. The fraction of sp³-hybridized carbons (Fsp3) is 0.214. The molecule has 1 N–H and O–H groups in total. The predicted molar refractivity (Wildman–Crippen MR) is 64.7 cm³/mol. The number of hydrogen-bond donors (Lipinski definition) is 1. The van der Waals surface area contributed by atoms with Crippen LogP contribution in [0.4, 0.5) is 22.0 Å². The maximum Gasteiger partial charge on any atom is 0.457 e. The smallest absolute Gasteiger partial charge is 0.374 e. The molecular formula is C14H10F5NO. The van der Waals surface area contributed by atoms with Gasteiger partial charge in [-0.05, 0) is 23.3 Å². The van der Waals surface area contributed by atoms with Gasteiger partial charge in [0, 0.05) is 12.4 Å². The van der Waals surface area contributed by atoms with Crippen molar-refractivity contribution in [2.24, 2.45) is 0 Å². The highest BCUT2D eigenvalue weighted by atomic mass is 19.4. The molecule has 2 nitrogen and oxygen atoms in total. The Kier molecular flexibility index (Phi) is 3.71. The summed E-state index contributed by atoms with van der Waals surface area (Å²) < 4.78 is 66.2. The number of alkyl halides is 5. The van der Waals surface area contributed by atoms with Crippen LogP contribution in [0.5, 0.6) is 0 Å². The van der Waals surface area contributed by atoms with Crippen LogP contribution >= 0.6 is 0 Å². The lowest BCUT2D eigenvalue weighted by Crippen LogP contribution is -2.55. The first-order valence-electron chi connectivity index (χ1n) is 5.84. The van der Waals surface area contributed by atoms with E-state index < -0.39 is 28.8 Å². The van der Waals surface area contributed by atoms with Crippen LogP contribution in [-0.2, 0) is 5.60 Å². The molecule has 0 unspecified atom stereocenters. The van der Waals surface area contributed by atoms with E-state index in [4.69, 9.17) is 0 Å². The molecular weight excluding hydrogens is 293 g/mol. The first kappa shape index (κ1) is 15.4. The lowest BCUT2D eigenvalue weighted by atomic mass is 9.81. The van der Waals surface area contributed by atoms with Crippen molar-refractivity contribution in [3.63, 3.8) is 0 Å². The maximum absolute atomic E-state index is 14.0. The van der Waals surface area contributed by atoms with Crippen LogP contribution in [0.2, 0.25) is 0 Å². The highest BCUT2D eigenvalue weighted by molar-refractivity contribution is 5.38. The molecule has 2 aromatic rings. The molecule has 7 heteroatoms. The van der Waals surface area contributed by atoms with Gasteiger partial charge >= 0.3 is 12.1 Å². The van der Waals surface area contributed by atoms with Gasteiger partial charge in [0.15, 0.2) is 5.60 Å². The van der Waals surface area contributed by atoms with Crippen LogP contribution in [-0.4, -0.2) is 22.2 Å². The number of nitrogens with zero attached hydrogens (tertiary/aromatic N) is 1. The number of aromatic nitrogens is 1. The van der Waals surface area contributed by atoms with Gasteiger partial charge in [0.1, 0.15) is 0 Å². The number of benzene rings is 1. The second-order valence-corrected chi connectivity index (χ2v) is 4.38. The molecule has 0 aliphatic heterocycles. The molecule has 1 heterocycles. The van der Waals surface area contributed by atoms with Crippen LogP contribution in [0, 0.1) is 0 Å². The lowest BCUT2D eigenvalue weighted by Gasteiger charge is -2.37. The summed E-state index contributed by atoms with van der Waals surface area (Å²) in [7, 11) is 0. The molecule has 0 fully saturated rings. The zero-order chi connectivity index (χ0) is 15.7. The molecule has 0 bridgehead atoms. The highest BCUT2D eigenvalue weighted by Gasteiger charge is 2.71. The van der Waals surface area contributed by atoms with E-state index in [2.05, 4.69) is 4.98 Å². The third kappa shape index (κ3) is 2.37. The Bertz CT molecular complexity index is 558. The van der Waals surface area contributed by atoms with Gasteiger partial charge in [0.05, 0.1) is 0 Å². The Balaban J connectivity index is 2.73. The van der Waals surface area contributed by atoms with Crippen molar-refractivity contribution in [1.82, 2.24) is 4.98 Å². The zero-order valence-electron chi connectivity index (χ0n) is 10.5. The summed E-state index contributed by atoms with van der Waals surface area (Å²) in [6.45, 7) is 0. The second-order valence-electron chi connectivity index (χ2n) is 4.38. The third-order valence-electron chi connectivity index (χ3n) is 3.10. The third-order valence-corrected chi connectivity index (χ3v) is 3.10. The number of halogens is 5. The SMILES string of the molecule is O[C@@](c1ccccc1)(c1ccncc1)C(F)(F)C(F)(F)F. The standard InChI is InChI=1S/C14H10F5NO/c15-13(16,14(17,18)19)12(21,10-4-2-1-3-5-10)11-6-8-20-9-7-11/h1-9,21H/t12-/m0/s1. The maximum atomic E-state index is 14.0. The first-order valence-corrected chi connectivity index (χ1v) is 5.84. The van der Waals surface area contributed by atoms with Crippen LogP contribution < -0.4 is 0 Å². The van der Waals surface area contributed by atoms with Gasteiger partial charge in [-0.15, -0.1) is 0 Å². The lowest BCUT2D eigenvalue weighted by molar-refractivity contribution is -0.336. The van der Waals surface area contributed by atoms with E-state index in [1.54, 1.807) is 0 Å². The Morgan fingerprint density at radius 1 is 0.762 bits per heavy atom. The van der Waals surface area contributed by atoms with Crippen LogP contribution in [0.1, 0.15) is 11.1 Å². The fourth-order valence-corrected chi connectivity index (χ4v) is 2.01. The number of hydrogen-bond acceptors (Lipinski definition) is 2. The van der Waals surface area contributed by atoms with Gasteiger partial charge in [-0.3, -0.25) is 4.98 Å². The van der Waals surface area contributed by atoms with E-state index in [0.29, 0.717) is 0 Å². The topological polar surface area (TPSA) is 33.1 Å². The monoisotopic (exact) mass is 303 g/mol. The molecule has 0 amide bonds. The Labute approximate surface area is 116 Å². The minimum atomic E-state index is -5.92. The summed E-state index contributed by atoms with van der Waals surface area (Å²) in [6.07, 6.45) is -3.84. The molecule has 2 rings (SSSR count). The average molecular weight is 303 g/mol. The predicted octanol–water partition coefficient (Wildman–Crippen LogP) is 3.52. The molecule has 0 aliphatic rings. The van der Waals surface area contributed by atoms with Gasteiger partial charge in [0.2, 0.25) is 0 Å². The van der Waals surface area contributed by atoms with Crippen molar-refractivity contribution in [2.45, 2.75) is 17.7 Å². The van der Waals surface area contributed by atoms with Crippen LogP contribution in [0.3, 0.4) is 0 Å². The quantitative estimate of drug-likeness (QED) is 0.880. The molecule has 21 heavy (non-hydrogen) atoms. The van der Waals surface area contributed by atoms with E-state index in [1.165, 1.54) is 18.2 Å². The van der Waals surface area contributed by atoms with Gasteiger partial charge < -0.3 is 5.11 Å². The fourth-order valence-electron chi connectivity index (χ4n) is 2.01. The van der Waals surface area contributed by atoms with Crippen molar-refractivity contribution in [1.29, 1.82) is 0 Å². The summed E-state index contributed by atoms with van der Waals surface area (Å²) in [5, 5.41) is 10.3. The van der Waals surface area contributed by atoms with E-state index in [0.717, 1.165) is 36.7 Å². The summed E-state index contributed by atoms with van der Waals surface area (Å²) in [6, 6.07) is 7.86. The van der Waals surface area contributed by atoms with Crippen molar-refractivity contribution < 1.29 is 27.1 Å². The summed E-state index contributed by atoms with van der Waals surface area (Å²) in [5.41, 5.74) is -4.68. The zero-order valence-corrected chi connectivity index (χ0v) is 10.5. The van der Waals surface area contributed by atoms with Crippen LogP contribution in [0.15, 0.2) is 54.9 Å². The summed E-state index contributed by atoms with van der Waals surface area (Å²) >= 11 is 0. The Morgan fingerprint density at radius 2 is 1.24 bits per heavy atom. The largest absolute Gasteiger partial charge is 0.457 e. The minimum Gasteiger partial charge on any atom is -0.374 e. The number of rotatable bonds is 3. The highest BCUT2D eigenvalue weighted by Crippen LogP contribution is 2.51. The molecule has 1 aromatic carbocycles. The molecule has 1 atom stereocenters. The van der Waals surface area contributed by atoms with Gasteiger partial charge in [-0.2, -0.15) is 22.0 Å². The molecule has 0 saturated carbocycles. The molecule has 0 saturated heterocycles. The second kappa shape index (κ2) is 5.07. The van der Waals surface area contributed by atoms with Gasteiger partial charge in [-0.1, -0.05) is 30.3 Å². The van der Waals surface area contributed by atoms with E-state index >= 15 is 0 Å². The Hall–Kier alpha value is -2.02. The van der Waals surface area contributed by atoms with E-state index in [-0.39, 0.29) is 0 Å². The van der Waals surface area contributed by atoms with Crippen molar-refractivity contribution in [2.75, 3.05) is 0 Å². The normalized spacial score (nSPS) is 15.5.